The van der Waals surface area contributed by atoms with E-state index in [1.165, 1.54) is 5.56 Å². The topological polar surface area (TPSA) is 45.7 Å². The Balaban J connectivity index is 0.00000441. The first-order valence-electron chi connectivity index (χ1n) is 7.89. The van der Waals surface area contributed by atoms with Crippen LogP contribution in [0.25, 0.3) is 0 Å². The molecule has 2 N–H and O–H groups in total. The van der Waals surface area contributed by atoms with Crippen LogP contribution < -0.4 is 15.4 Å². The smallest absolute Gasteiger partial charge is 0.191 e. The number of nitrogens with zero attached hydrogens (tertiary/aromatic N) is 1. The Morgan fingerprint density at radius 1 is 1.09 bits per heavy atom. The van der Waals surface area contributed by atoms with E-state index in [1.54, 1.807) is 0 Å². The Morgan fingerprint density at radius 2 is 1.68 bits per heavy atom. The van der Waals surface area contributed by atoms with Crippen LogP contribution in [0.15, 0.2) is 29.3 Å². The van der Waals surface area contributed by atoms with E-state index in [-0.39, 0.29) is 24.0 Å². The largest absolute Gasteiger partial charge is 0.493 e. The number of hydrogen-bond acceptors (Lipinski definition) is 2. The molecular weight excluding hydrogens is 389 g/mol. The number of nitrogens with one attached hydrogen (secondary N) is 2. The second-order valence-corrected chi connectivity index (χ2v) is 5.39. The third-order valence-electron chi connectivity index (χ3n) is 2.87. The summed E-state index contributed by atoms with van der Waals surface area (Å²) in [5.74, 6) is 2.38. The Hall–Kier alpha value is -0.980. The molecule has 1 aromatic carbocycles. The number of aliphatic imine (C=N–C) groups is 1. The Morgan fingerprint density at radius 3 is 2.18 bits per heavy atom. The third kappa shape index (κ3) is 9.12. The fourth-order valence-electron chi connectivity index (χ4n) is 1.82. The summed E-state index contributed by atoms with van der Waals surface area (Å²) < 4.78 is 5.68. The SMILES string of the molecule is CCNC(=NCCc1ccc(OCC(C)C)cc1)NCC.I. The third-order valence-corrected chi connectivity index (χ3v) is 2.87. The van der Waals surface area contributed by atoms with E-state index >= 15 is 0 Å². The molecule has 0 aliphatic heterocycles. The zero-order valence-corrected chi connectivity index (χ0v) is 16.5. The van der Waals surface area contributed by atoms with Crippen LogP contribution in [0.4, 0.5) is 0 Å². The summed E-state index contributed by atoms with van der Waals surface area (Å²) >= 11 is 0. The zero-order valence-electron chi connectivity index (χ0n) is 14.2. The van der Waals surface area contributed by atoms with Crippen LogP contribution in [0, 0.1) is 5.92 Å². The first kappa shape index (κ1) is 21.0. The molecule has 0 aliphatic carbocycles. The summed E-state index contributed by atoms with van der Waals surface area (Å²) in [6.07, 6.45) is 0.935. The zero-order chi connectivity index (χ0) is 15.5. The van der Waals surface area contributed by atoms with Gasteiger partial charge >= 0.3 is 0 Å². The first-order valence-corrected chi connectivity index (χ1v) is 7.89. The number of guanidine groups is 1. The van der Waals surface area contributed by atoms with Crippen LogP contribution in [0.1, 0.15) is 33.3 Å². The van der Waals surface area contributed by atoms with Gasteiger partial charge in [-0.05, 0) is 43.9 Å². The lowest BCUT2D eigenvalue weighted by molar-refractivity contribution is 0.271. The molecule has 0 saturated carbocycles. The molecule has 0 aromatic heterocycles. The van der Waals surface area contributed by atoms with Gasteiger partial charge in [-0.2, -0.15) is 0 Å². The fraction of sp³-hybridized carbons (Fsp3) is 0.588. The van der Waals surface area contributed by atoms with Gasteiger partial charge in [-0.1, -0.05) is 26.0 Å². The van der Waals surface area contributed by atoms with Crippen molar-refractivity contribution in [3.8, 4) is 5.75 Å². The summed E-state index contributed by atoms with van der Waals surface area (Å²) in [6, 6.07) is 8.31. The second-order valence-electron chi connectivity index (χ2n) is 5.39. The maximum atomic E-state index is 5.68. The van der Waals surface area contributed by atoms with Gasteiger partial charge in [0.25, 0.3) is 0 Å². The Labute approximate surface area is 152 Å². The second kappa shape index (κ2) is 12.6. The van der Waals surface area contributed by atoms with Crippen molar-refractivity contribution < 1.29 is 4.74 Å². The molecule has 4 nitrogen and oxygen atoms in total. The molecule has 0 atom stereocenters. The monoisotopic (exact) mass is 419 g/mol. The quantitative estimate of drug-likeness (QED) is 0.386. The minimum atomic E-state index is 0. The molecule has 1 rings (SSSR count). The summed E-state index contributed by atoms with van der Waals surface area (Å²) in [4.78, 5) is 4.54. The van der Waals surface area contributed by atoms with Gasteiger partial charge in [-0.15, -0.1) is 24.0 Å². The standard InChI is InChI=1S/C17H29N3O.HI/c1-5-18-17(19-6-2)20-12-11-15-7-9-16(10-8-15)21-13-14(3)4;/h7-10,14H,5-6,11-13H2,1-4H3,(H2,18,19,20);1H. The summed E-state index contributed by atoms with van der Waals surface area (Å²) in [5, 5.41) is 6.45. The van der Waals surface area contributed by atoms with E-state index in [0.717, 1.165) is 44.4 Å². The van der Waals surface area contributed by atoms with Crippen LogP contribution in [0.3, 0.4) is 0 Å². The molecule has 22 heavy (non-hydrogen) atoms. The minimum absolute atomic E-state index is 0. The van der Waals surface area contributed by atoms with Gasteiger partial charge in [0.2, 0.25) is 0 Å². The van der Waals surface area contributed by atoms with E-state index in [4.69, 9.17) is 4.74 Å². The van der Waals surface area contributed by atoms with Crippen molar-refractivity contribution in [2.75, 3.05) is 26.2 Å². The molecular formula is C17H30IN3O. The number of benzene rings is 1. The van der Waals surface area contributed by atoms with Gasteiger partial charge in [0, 0.05) is 19.6 Å². The number of ether oxygens (including phenoxy) is 1. The molecule has 0 fully saturated rings. The highest BCUT2D eigenvalue weighted by Gasteiger charge is 1.99. The maximum Gasteiger partial charge on any atom is 0.191 e. The lowest BCUT2D eigenvalue weighted by Crippen LogP contribution is -2.37. The summed E-state index contributed by atoms with van der Waals surface area (Å²) in [7, 11) is 0. The molecule has 1 aromatic rings. The van der Waals surface area contributed by atoms with E-state index in [0.29, 0.717) is 5.92 Å². The molecule has 0 unspecified atom stereocenters. The van der Waals surface area contributed by atoms with Gasteiger partial charge in [0.15, 0.2) is 5.96 Å². The van der Waals surface area contributed by atoms with E-state index in [1.807, 2.05) is 12.1 Å². The van der Waals surface area contributed by atoms with Crippen LogP contribution in [0.5, 0.6) is 5.75 Å². The van der Waals surface area contributed by atoms with Crippen LogP contribution in [0.2, 0.25) is 0 Å². The van der Waals surface area contributed by atoms with Gasteiger partial charge in [-0.3, -0.25) is 4.99 Å². The van der Waals surface area contributed by atoms with Crippen molar-refractivity contribution >= 4 is 29.9 Å². The molecule has 0 bridgehead atoms. The van der Waals surface area contributed by atoms with Crippen LogP contribution >= 0.6 is 24.0 Å². The van der Waals surface area contributed by atoms with Gasteiger partial charge in [0.05, 0.1) is 6.61 Å². The van der Waals surface area contributed by atoms with E-state index in [9.17, 15) is 0 Å². The molecule has 0 amide bonds. The normalized spacial score (nSPS) is 9.86. The average molecular weight is 419 g/mol. The van der Waals surface area contributed by atoms with E-state index < -0.39 is 0 Å². The Kier molecular flexibility index (Phi) is 12.0. The highest BCUT2D eigenvalue weighted by molar-refractivity contribution is 14.0. The van der Waals surface area contributed by atoms with Crippen molar-refractivity contribution in [3.63, 3.8) is 0 Å². The Bertz CT molecular complexity index is 410. The van der Waals surface area contributed by atoms with Gasteiger partial charge in [-0.25, -0.2) is 0 Å². The minimum Gasteiger partial charge on any atom is -0.493 e. The number of rotatable bonds is 8. The lowest BCUT2D eigenvalue weighted by Gasteiger charge is -2.10. The molecule has 0 saturated heterocycles. The molecule has 0 spiro atoms. The molecule has 5 heteroatoms. The number of halogens is 1. The predicted molar refractivity (Wildman–Crippen MR) is 106 cm³/mol. The number of hydrogen-bond donors (Lipinski definition) is 2. The summed E-state index contributed by atoms with van der Waals surface area (Å²) in [6.45, 7) is 11.8. The molecule has 0 radical (unpaired) electrons. The molecule has 0 aliphatic rings. The van der Waals surface area contributed by atoms with Crippen LogP contribution in [-0.2, 0) is 6.42 Å². The predicted octanol–water partition coefficient (Wildman–Crippen LogP) is 3.46. The average Bonchev–Trinajstić information content (AvgIpc) is 2.47. The first-order chi connectivity index (χ1) is 10.2. The fourth-order valence-corrected chi connectivity index (χ4v) is 1.82. The highest BCUT2D eigenvalue weighted by atomic mass is 127. The van der Waals surface area contributed by atoms with Gasteiger partial charge in [0.1, 0.15) is 5.75 Å². The van der Waals surface area contributed by atoms with E-state index in [2.05, 4.69) is 55.5 Å². The van der Waals surface area contributed by atoms with Crippen molar-refractivity contribution in [1.82, 2.24) is 10.6 Å². The van der Waals surface area contributed by atoms with Crippen molar-refractivity contribution in [2.24, 2.45) is 10.9 Å². The highest BCUT2D eigenvalue weighted by Crippen LogP contribution is 2.13. The summed E-state index contributed by atoms with van der Waals surface area (Å²) in [5.41, 5.74) is 1.28. The van der Waals surface area contributed by atoms with Crippen molar-refractivity contribution in [2.45, 2.75) is 34.1 Å². The maximum absolute atomic E-state index is 5.68. The van der Waals surface area contributed by atoms with Crippen molar-refractivity contribution in [3.05, 3.63) is 29.8 Å². The molecule has 0 heterocycles. The van der Waals surface area contributed by atoms with Crippen molar-refractivity contribution in [1.29, 1.82) is 0 Å². The van der Waals surface area contributed by atoms with Crippen LogP contribution in [-0.4, -0.2) is 32.2 Å². The molecule has 126 valence electrons. The lowest BCUT2D eigenvalue weighted by atomic mass is 10.1. The van der Waals surface area contributed by atoms with Gasteiger partial charge < -0.3 is 15.4 Å².